The molecular weight excluding hydrogens is 404 g/mol. The van der Waals surface area contributed by atoms with Gasteiger partial charge in [-0.05, 0) is 30.9 Å². The number of aromatic nitrogens is 3. The second-order valence-electron chi connectivity index (χ2n) is 6.61. The second kappa shape index (κ2) is 7.99. The van der Waals surface area contributed by atoms with E-state index in [4.69, 9.17) is 0 Å². The zero-order valence-electron chi connectivity index (χ0n) is 16.2. The largest absolute Gasteiger partial charge is 0.328 e. The number of amides is 1. The standard InChI is InChI=1S/C20H18N6O3S/c1-12-16(18(27)22-14-8-4-3-5-9-14)17(13-7-6-10-15(11-13)26(28)29)25-19(21-12)23-20(24-25)30-2/h3-11,17H,1-2H3,(H,22,27)(H,21,23,24). The fourth-order valence-corrected chi connectivity index (χ4v) is 3.70. The van der Waals surface area contributed by atoms with Crippen LogP contribution in [-0.4, -0.2) is 31.9 Å². The number of fused-ring (bicyclic) bond motifs is 1. The Balaban J connectivity index is 1.82. The van der Waals surface area contributed by atoms with Crippen molar-refractivity contribution in [3.63, 3.8) is 0 Å². The SMILES string of the molecule is CSc1nc2n(n1)C(c1cccc([N+](=O)[O-])c1)C(C(=O)Nc1ccccc1)=C(C)N2. The summed E-state index contributed by atoms with van der Waals surface area (Å²) in [5.41, 5.74) is 2.17. The average Bonchev–Trinajstić information content (AvgIpc) is 3.16. The Bertz CT molecular complexity index is 1160. The first-order valence-electron chi connectivity index (χ1n) is 9.07. The number of rotatable bonds is 5. The molecule has 2 N–H and O–H groups in total. The van der Waals surface area contributed by atoms with Gasteiger partial charge in [-0.1, -0.05) is 42.1 Å². The molecule has 0 aliphatic carbocycles. The number of allylic oxidation sites excluding steroid dienone is 1. The minimum atomic E-state index is -0.668. The van der Waals surface area contributed by atoms with Gasteiger partial charge in [0.2, 0.25) is 11.1 Å². The van der Waals surface area contributed by atoms with E-state index in [-0.39, 0.29) is 11.6 Å². The van der Waals surface area contributed by atoms with Crippen molar-refractivity contribution < 1.29 is 9.72 Å². The van der Waals surface area contributed by atoms with Crippen LogP contribution >= 0.6 is 11.8 Å². The molecule has 1 aromatic heterocycles. The van der Waals surface area contributed by atoms with Gasteiger partial charge in [0.15, 0.2) is 0 Å². The van der Waals surface area contributed by atoms with Crippen molar-refractivity contribution in [1.29, 1.82) is 0 Å². The quantitative estimate of drug-likeness (QED) is 0.365. The zero-order valence-corrected chi connectivity index (χ0v) is 17.0. The van der Waals surface area contributed by atoms with E-state index in [9.17, 15) is 14.9 Å². The number of hydrogen-bond donors (Lipinski definition) is 2. The van der Waals surface area contributed by atoms with E-state index >= 15 is 0 Å². The molecule has 1 aliphatic heterocycles. The molecule has 1 aliphatic rings. The van der Waals surface area contributed by atoms with E-state index in [0.717, 1.165) is 0 Å². The lowest BCUT2D eigenvalue weighted by Gasteiger charge is -2.28. The molecule has 0 saturated heterocycles. The number of benzene rings is 2. The number of carbonyl (C=O) groups excluding carboxylic acids is 1. The van der Waals surface area contributed by atoms with Crippen molar-refractivity contribution in [1.82, 2.24) is 14.8 Å². The number of nitro groups is 1. The predicted octanol–water partition coefficient (Wildman–Crippen LogP) is 3.84. The molecule has 0 spiro atoms. The monoisotopic (exact) mass is 422 g/mol. The molecule has 0 bridgehead atoms. The van der Waals surface area contributed by atoms with E-state index in [0.29, 0.717) is 33.6 Å². The van der Waals surface area contributed by atoms with Crippen molar-refractivity contribution in [3.8, 4) is 0 Å². The molecule has 0 fully saturated rings. The fourth-order valence-electron chi connectivity index (χ4n) is 3.35. The van der Waals surface area contributed by atoms with E-state index in [2.05, 4.69) is 20.7 Å². The first-order valence-corrected chi connectivity index (χ1v) is 10.3. The Morgan fingerprint density at radius 2 is 2.00 bits per heavy atom. The van der Waals surface area contributed by atoms with Crippen LogP contribution in [0.15, 0.2) is 71.0 Å². The Hall–Kier alpha value is -3.66. The number of hydrogen-bond acceptors (Lipinski definition) is 7. The Morgan fingerprint density at radius 3 is 2.70 bits per heavy atom. The van der Waals surface area contributed by atoms with Crippen LogP contribution in [0.2, 0.25) is 0 Å². The Morgan fingerprint density at radius 1 is 1.23 bits per heavy atom. The van der Waals surface area contributed by atoms with Crippen LogP contribution in [0.5, 0.6) is 0 Å². The summed E-state index contributed by atoms with van der Waals surface area (Å²) in [6.07, 6.45) is 1.85. The second-order valence-corrected chi connectivity index (χ2v) is 7.38. The summed E-state index contributed by atoms with van der Waals surface area (Å²) in [5, 5.41) is 22.4. The first kappa shape index (κ1) is 19.6. The van der Waals surface area contributed by atoms with Gasteiger partial charge in [0.25, 0.3) is 11.6 Å². The Kier molecular flexibility index (Phi) is 5.23. The van der Waals surface area contributed by atoms with Gasteiger partial charge in [0.05, 0.1) is 10.5 Å². The van der Waals surface area contributed by atoms with E-state index in [1.54, 1.807) is 35.9 Å². The van der Waals surface area contributed by atoms with Crippen LogP contribution < -0.4 is 10.6 Å². The van der Waals surface area contributed by atoms with Crippen LogP contribution in [0, 0.1) is 10.1 Å². The molecule has 30 heavy (non-hydrogen) atoms. The maximum Gasteiger partial charge on any atom is 0.269 e. The predicted molar refractivity (Wildman–Crippen MR) is 114 cm³/mol. The molecule has 0 saturated carbocycles. The third-order valence-corrected chi connectivity index (χ3v) is 5.23. The van der Waals surface area contributed by atoms with Crippen LogP contribution in [0.25, 0.3) is 0 Å². The lowest BCUT2D eigenvalue weighted by molar-refractivity contribution is -0.384. The van der Waals surface area contributed by atoms with Gasteiger partial charge in [-0.15, -0.1) is 5.10 Å². The molecule has 0 radical (unpaired) electrons. The van der Waals surface area contributed by atoms with Gasteiger partial charge in [-0.25, -0.2) is 4.68 Å². The average molecular weight is 422 g/mol. The van der Waals surface area contributed by atoms with Crippen molar-refractivity contribution in [3.05, 3.63) is 81.5 Å². The summed E-state index contributed by atoms with van der Waals surface area (Å²) < 4.78 is 1.60. The molecule has 9 nitrogen and oxygen atoms in total. The number of anilines is 2. The number of nitro benzene ring substituents is 1. The highest BCUT2D eigenvalue weighted by molar-refractivity contribution is 7.98. The van der Waals surface area contributed by atoms with Gasteiger partial charge in [-0.3, -0.25) is 14.9 Å². The Labute approximate surface area is 176 Å². The third-order valence-electron chi connectivity index (χ3n) is 4.69. The highest BCUT2D eigenvalue weighted by Crippen LogP contribution is 2.37. The molecule has 1 unspecified atom stereocenters. The molecule has 2 aromatic carbocycles. The van der Waals surface area contributed by atoms with Gasteiger partial charge in [0, 0.05) is 23.5 Å². The van der Waals surface area contributed by atoms with Gasteiger partial charge >= 0.3 is 0 Å². The highest BCUT2D eigenvalue weighted by atomic mass is 32.2. The summed E-state index contributed by atoms with van der Waals surface area (Å²) in [4.78, 5) is 28.6. The molecule has 4 rings (SSSR count). The highest BCUT2D eigenvalue weighted by Gasteiger charge is 2.35. The van der Waals surface area contributed by atoms with Crippen LogP contribution in [0.1, 0.15) is 18.5 Å². The van der Waals surface area contributed by atoms with E-state index < -0.39 is 11.0 Å². The number of nitrogens with one attached hydrogen (secondary N) is 2. The van der Waals surface area contributed by atoms with Crippen molar-refractivity contribution >= 4 is 35.0 Å². The molecule has 1 atom stereocenters. The number of para-hydroxylation sites is 1. The van der Waals surface area contributed by atoms with Crippen molar-refractivity contribution in [2.75, 3.05) is 16.9 Å². The van der Waals surface area contributed by atoms with Crippen LogP contribution in [0.3, 0.4) is 0 Å². The summed E-state index contributed by atoms with van der Waals surface area (Å²) >= 11 is 1.37. The van der Waals surface area contributed by atoms with E-state index in [1.165, 1.54) is 23.9 Å². The normalized spacial score (nSPS) is 15.3. The maximum absolute atomic E-state index is 13.3. The molecule has 10 heteroatoms. The third kappa shape index (κ3) is 3.64. The molecular formula is C20H18N6O3S. The number of thioether (sulfide) groups is 1. The summed E-state index contributed by atoms with van der Waals surface area (Å²) in [5.74, 6) is 0.152. The van der Waals surface area contributed by atoms with Crippen LogP contribution in [0.4, 0.5) is 17.3 Å². The smallest absolute Gasteiger partial charge is 0.269 e. The summed E-state index contributed by atoms with van der Waals surface area (Å²) in [6, 6.07) is 14.7. The summed E-state index contributed by atoms with van der Waals surface area (Å²) in [7, 11) is 0. The topological polar surface area (TPSA) is 115 Å². The molecule has 3 aromatic rings. The molecule has 2 heterocycles. The first-order chi connectivity index (χ1) is 14.5. The van der Waals surface area contributed by atoms with Crippen molar-refractivity contribution in [2.45, 2.75) is 18.1 Å². The maximum atomic E-state index is 13.3. The van der Waals surface area contributed by atoms with Gasteiger partial charge < -0.3 is 10.6 Å². The number of carbonyl (C=O) groups is 1. The molecule has 152 valence electrons. The lowest BCUT2D eigenvalue weighted by atomic mass is 9.94. The van der Waals surface area contributed by atoms with Crippen LogP contribution in [-0.2, 0) is 4.79 Å². The zero-order chi connectivity index (χ0) is 21.3. The lowest BCUT2D eigenvalue weighted by Crippen LogP contribution is -2.31. The minimum Gasteiger partial charge on any atom is -0.328 e. The van der Waals surface area contributed by atoms with Gasteiger partial charge in [-0.2, -0.15) is 4.98 Å². The van der Waals surface area contributed by atoms with Gasteiger partial charge in [0.1, 0.15) is 6.04 Å². The minimum absolute atomic E-state index is 0.0572. The number of non-ortho nitro benzene ring substituents is 1. The molecule has 1 amide bonds. The summed E-state index contributed by atoms with van der Waals surface area (Å²) in [6.45, 7) is 1.78. The van der Waals surface area contributed by atoms with E-state index in [1.807, 2.05) is 24.5 Å². The van der Waals surface area contributed by atoms with Crippen molar-refractivity contribution in [2.24, 2.45) is 0 Å². The fraction of sp³-hybridized carbons (Fsp3) is 0.150. The number of nitrogens with zero attached hydrogens (tertiary/aromatic N) is 4.